The topological polar surface area (TPSA) is 64.1 Å². The van der Waals surface area contributed by atoms with Gasteiger partial charge >= 0.3 is 0 Å². The average molecular weight is 365 g/mol. The lowest BCUT2D eigenvalue weighted by molar-refractivity contribution is -0.111. The number of pyridine rings is 1. The number of amides is 1. The van der Waals surface area contributed by atoms with Gasteiger partial charge < -0.3 is 10.1 Å². The number of carbonyl (C=O) groups is 1. The van der Waals surface area contributed by atoms with Gasteiger partial charge in [-0.2, -0.15) is 0 Å². The minimum atomic E-state index is -0.241. The number of thiazole rings is 1. The second kappa shape index (κ2) is 8.92. The van der Waals surface area contributed by atoms with Crippen LogP contribution in [0.2, 0.25) is 0 Å². The molecule has 0 bridgehead atoms. The van der Waals surface area contributed by atoms with E-state index in [9.17, 15) is 4.79 Å². The van der Waals surface area contributed by atoms with Gasteiger partial charge in [0.15, 0.2) is 0 Å². The van der Waals surface area contributed by atoms with E-state index in [1.54, 1.807) is 30.6 Å². The summed E-state index contributed by atoms with van der Waals surface area (Å²) in [6.07, 6.45) is 7.52. The Morgan fingerprint density at radius 3 is 2.73 bits per heavy atom. The standard InChI is InChI=1S/C20H19N3O2S/c1-2-12-25-16-8-10-18(21-13-16)23-19(24)11-9-17-14-22-20(26-17)15-6-4-3-5-7-15/h3-11,13-14H,2,12H2,1H3,(H,21,23,24)/b11-9+. The smallest absolute Gasteiger partial charge is 0.249 e. The maximum absolute atomic E-state index is 12.0. The SMILES string of the molecule is CCCOc1ccc(NC(=O)/C=C/c2cnc(-c3ccccc3)s2)nc1. The Morgan fingerprint density at radius 1 is 1.15 bits per heavy atom. The van der Waals surface area contributed by atoms with Crippen LogP contribution in [0.15, 0.2) is 60.9 Å². The lowest BCUT2D eigenvalue weighted by Crippen LogP contribution is -2.09. The maximum Gasteiger partial charge on any atom is 0.249 e. The van der Waals surface area contributed by atoms with E-state index in [0.29, 0.717) is 18.2 Å². The van der Waals surface area contributed by atoms with Crippen molar-refractivity contribution in [2.75, 3.05) is 11.9 Å². The molecule has 0 radical (unpaired) electrons. The molecule has 3 aromatic rings. The number of hydrogen-bond donors (Lipinski definition) is 1. The summed E-state index contributed by atoms with van der Waals surface area (Å²) in [7, 11) is 0. The van der Waals surface area contributed by atoms with E-state index in [0.717, 1.165) is 21.9 Å². The molecular formula is C20H19N3O2S. The van der Waals surface area contributed by atoms with Crippen molar-refractivity contribution in [3.8, 4) is 16.3 Å². The van der Waals surface area contributed by atoms with Gasteiger partial charge in [-0.25, -0.2) is 9.97 Å². The van der Waals surface area contributed by atoms with Crippen molar-refractivity contribution < 1.29 is 9.53 Å². The third-order valence-electron chi connectivity index (χ3n) is 3.40. The fraction of sp³-hybridized carbons (Fsp3) is 0.150. The molecule has 5 nitrogen and oxygen atoms in total. The minimum absolute atomic E-state index is 0.241. The average Bonchev–Trinajstić information content (AvgIpc) is 3.16. The van der Waals surface area contributed by atoms with Crippen molar-refractivity contribution in [2.24, 2.45) is 0 Å². The summed E-state index contributed by atoms with van der Waals surface area (Å²) in [4.78, 5) is 21.5. The first-order chi connectivity index (χ1) is 12.7. The van der Waals surface area contributed by atoms with E-state index in [1.807, 2.05) is 37.3 Å². The largest absolute Gasteiger partial charge is 0.492 e. The summed E-state index contributed by atoms with van der Waals surface area (Å²) < 4.78 is 5.46. The summed E-state index contributed by atoms with van der Waals surface area (Å²) in [5, 5.41) is 3.65. The highest BCUT2D eigenvalue weighted by Crippen LogP contribution is 2.25. The zero-order valence-corrected chi connectivity index (χ0v) is 15.2. The lowest BCUT2D eigenvalue weighted by atomic mass is 10.2. The zero-order chi connectivity index (χ0) is 18.2. The molecule has 0 aliphatic heterocycles. The van der Waals surface area contributed by atoms with E-state index >= 15 is 0 Å². The van der Waals surface area contributed by atoms with Crippen LogP contribution in [-0.4, -0.2) is 22.5 Å². The van der Waals surface area contributed by atoms with Gasteiger partial charge in [0.25, 0.3) is 0 Å². The fourth-order valence-electron chi connectivity index (χ4n) is 2.16. The van der Waals surface area contributed by atoms with Crippen molar-refractivity contribution in [1.29, 1.82) is 0 Å². The molecule has 0 aliphatic carbocycles. The van der Waals surface area contributed by atoms with Crippen LogP contribution in [0.4, 0.5) is 5.82 Å². The number of aromatic nitrogens is 2. The van der Waals surface area contributed by atoms with Crippen LogP contribution in [-0.2, 0) is 4.79 Å². The molecule has 1 aromatic carbocycles. The molecule has 0 aliphatic rings. The van der Waals surface area contributed by atoms with Crippen LogP contribution < -0.4 is 10.1 Å². The number of hydrogen-bond acceptors (Lipinski definition) is 5. The van der Waals surface area contributed by atoms with Gasteiger partial charge in [-0.3, -0.25) is 4.79 Å². The summed E-state index contributed by atoms with van der Waals surface area (Å²) in [6, 6.07) is 13.5. The zero-order valence-electron chi connectivity index (χ0n) is 14.4. The highest BCUT2D eigenvalue weighted by molar-refractivity contribution is 7.15. The normalized spacial score (nSPS) is 10.8. The monoisotopic (exact) mass is 365 g/mol. The molecule has 0 saturated carbocycles. The first-order valence-corrected chi connectivity index (χ1v) is 9.15. The molecule has 0 atom stereocenters. The molecule has 1 amide bonds. The lowest BCUT2D eigenvalue weighted by Gasteiger charge is -2.05. The highest BCUT2D eigenvalue weighted by atomic mass is 32.1. The van der Waals surface area contributed by atoms with Gasteiger partial charge in [-0.1, -0.05) is 37.3 Å². The first-order valence-electron chi connectivity index (χ1n) is 8.34. The fourth-order valence-corrected chi connectivity index (χ4v) is 2.99. The molecule has 2 heterocycles. The Morgan fingerprint density at radius 2 is 2.00 bits per heavy atom. The van der Waals surface area contributed by atoms with Crippen LogP contribution in [0, 0.1) is 0 Å². The van der Waals surface area contributed by atoms with Gasteiger partial charge in [0.1, 0.15) is 16.6 Å². The van der Waals surface area contributed by atoms with E-state index in [-0.39, 0.29) is 5.91 Å². The van der Waals surface area contributed by atoms with Crippen molar-refractivity contribution in [2.45, 2.75) is 13.3 Å². The van der Waals surface area contributed by atoms with Crippen molar-refractivity contribution >= 4 is 29.1 Å². The first kappa shape index (κ1) is 17.8. The Labute approximate surface area is 156 Å². The van der Waals surface area contributed by atoms with Crippen molar-refractivity contribution in [3.63, 3.8) is 0 Å². The summed E-state index contributed by atoms with van der Waals surface area (Å²) in [6.45, 7) is 2.69. The molecule has 0 fully saturated rings. The molecule has 0 spiro atoms. The maximum atomic E-state index is 12.0. The van der Waals surface area contributed by atoms with Crippen molar-refractivity contribution in [1.82, 2.24) is 9.97 Å². The molecule has 6 heteroatoms. The molecule has 26 heavy (non-hydrogen) atoms. The molecule has 1 N–H and O–H groups in total. The number of nitrogens with one attached hydrogen (secondary N) is 1. The Balaban J connectivity index is 1.57. The Bertz CT molecular complexity index is 874. The number of nitrogens with zero attached hydrogens (tertiary/aromatic N) is 2. The quantitative estimate of drug-likeness (QED) is 0.619. The third kappa shape index (κ3) is 5.00. The van der Waals surface area contributed by atoms with Crippen LogP contribution in [0.3, 0.4) is 0 Å². The number of benzene rings is 1. The highest BCUT2D eigenvalue weighted by Gasteiger charge is 2.04. The minimum Gasteiger partial charge on any atom is -0.492 e. The van der Waals surface area contributed by atoms with Crippen LogP contribution >= 0.6 is 11.3 Å². The van der Waals surface area contributed by atoms with Gasteiger partial charge in [0.05, 0.1) is 12.8 Å². The van der Waals surface area contributed by atoms with Crippen LogP contribution in [0.1, 0.15) is 18.2 Å². The second-order valence-corrected chi connectivity index (χ2v) is 6.55. The molecule has 0 unspecified atom stereocenters. The summed E-state index contributed by atoms with van der Waals surface area (Å²) in [5.41, 5.74) is 1.07. The molecule has 2 aromatic heterocycles. The third-order valence-corrected chi connectivity index (χ3v) is 4.42. The second-order valence-electron chi connectivity index (χ2n) is 5.48. The summed E-state index contributed by atoms with van der Waals surface area (Å²) in [5.74, 6) is 0.936. The van der Waals surface area contributed by atoms with E-state index in [4.69, 9.17) is 4.74 Å². The van der Waals surface area contributed by atoms with E-state index < -0.39 is 0 Å². The van der Waals surface area contributed by atoms with E-state index in [2.05, 4.69) is 15.3 Å². The predicted octanol–water partition coefficient (Wildman–Crippen LogP) is 4.65. The molecule has 3 rings (SSSR count). The molecule has 0 saturated heterocycles. The van der Waals surface area contributed by atoms with Crippen LogP contribution in [0.5, 0.6) is 5.75 Å². The Hall–Kier alpha value is -2.99. The predicted molar refractivity (Wildman–Crippen MR) is 105 cm³/mol. The van der Waals surface area contributed by atoms with Gasteiger partial charge in [0, 0.05) is 22.7 Å². The van der Waals surface area contributed by atoms with Crippen molar-refractivity contribution in [3.05, 3.63) is 65.8 Å². The van der Waals surface area contributed by atoms with E-state index in [1.165, 1.54) is 17.4 Å². The van der Waals surface area contributed by atoms with Gasteiger partial charge in [-0.05, 0) is 24.6 Å². The Kier molecular flexibility index (Phi) is 6.11. The number of ether oxygens (including phenoxy) is 1. The van der Waals surface area contributed by atoms with Gasteiger partial charge in [0.2, 0.25) is 5.91 Å². The summed E-state index contributed by atoms with van der Waals surface area (Å²) >= 11 is 1.53. The number of carbonyl (C=O) groups excluding carboxylic acids is 1. The van der Waals surface area contributed by atoms with Crippen LogP contribution in [0.25, 0.3) is 16.6 Å². The molecular weight excluding hydrogens is 346 g/mol. The van der Waals surface area contributed by atoms with Gasteiger partial charge in [-0.15, -0.1) is 11.3 Å². The number of anilines is 1. The molecule has 132 valence electrons. The number of rotatable bonds is 7.